The average molecular weight is 215 g/mol. The summed E-state index contributed by atoms with van der Waals surface area (Å²) in [5, 5.41) is 11.1. The largest absolute Gasteiger partial charge is 0.351 e. The molecule has 0 saturated carbocycles. The van der Waals surface area contributed by atoms with Gasteiger partial charge in [0.1, 0.15) is 0 Å². The minimum absolute atomic E-state index is 0.118. The van der Waals surface area contributed by atoms with Crippen LogP contribution in [-0.4, -0.2) is 30.0 Å². The highest BCUT2D eigenvalue weighted by Gasteiger charge is 2.14. The summed E-state index contributed by atoms with van der Waals surface area (Å²) in [4.78, 5) is 11.4. The van der Waals surface area contributed by atoms with Crippen molar-refractivity contribution in [3.63, 3.8) is 0 Å². The zero-order valence-electron chi connectivity index (χ0n) is 8.62. The summed E-state index contributed by atoms with van der Waals surface area (Å²) >= 11 is 1.66. The minimum Gasteiger partial charge on any atom is -0.351 e. The lowest BCUT2D eigenvalue weighted by Crippen LogP contribution is -2.44. The molecule has 0 heterocycles. The molecule has 2 atom stereocenters. The Morgan fingerprint density at radius 1 is 1.71 bits per heavy atom. The number of amides is 1. The topological polar surface area (TPSA) is 78.9 Å². The van der Waals surface area contributed by atoms with E-state index in [2.05, 4.69) is 5.32 Å². The van der Waals surface area contributed by atoms with Crippen molar-refractivity contribution in [2.45, 2.75) is 31.8 Å². The van der Waals surface area contributed by atoms with E-state index in [0.717, 1.165) is 5.75 Å². The van der Waals surface area contributed by atoms with E-state index >= 15 is 0 Å². The number of nitriles is 1. The molecule has 0 aliphatic heterocycles. The molecule has 0 fully saturated rings. The zero-order valence-corrected chi connectivity index (χ0v) is 9.43. The van der Waals surface area contributed by atoms with Gasteiger partial charge >= 0.3 is 0 Å². The predicted octanol–water partition coefficient (Wildman–Crippen LogP) is 0.485. The van der Waals surface area contributed by atoms with E-state index < -0.39 is 6.04 Å². The molecular weight excluding hydrogens is 198 g/mol. The van der Waals surface area contributed by atoms with Gasteiger partial charge in [-0.05, 0) is 25.4 Å². The summed E-state index contributed by atoms with van der Waals surface area (Å²) in [6.07, 6.45) is 2.97. The molecule has 0 bridgehead atoms. The lowest BCUT2D eigenvalue weighted by Gasteiger charge is -2.14. The normalized spacial score (nSPS) is 14.1. The maximum absolute atomic E-state index is 11.4. The third-order valence-electron chi connectivity index (χ3n) is 1.76. The third kappa shape index (κ3) is 5.84. The number of carbonyl (C=O) groups is 1. The van der Waals surface area contributed by atoms with Gasteiger partial charge in [0, 0.05) is 6.04 Å². The van der Waals surface area contributed by atoms with Gasteiger partial charge in [0.25, 0.3) is 0 Å². The fourth-order valence-corrected chi connectivity index (χ4v) is 1.40. The summed E-state index contributed by atoms with van der Waals surface area (Å²) in [5.41, 5.74) is 5.64. The number of nitrogens with zero attached hydrogens (tertiary/aromatic N) is 1. The van der Waals surface area contributed by atoms with E-state index in [0.29, 0.717) is 12.8 Å². The van der Waals surface area contributed by atoms with Crippen LogP contribution in [0, 0.1) is 11.3 Å². The minimum atomic E-state index is -0.455. The van der Waals surface area contributed by atoms with Gasteiger partial charge in [-0.25, -0.2) is 0 Å². The second-order valence-corrected chi connectivity index (χ2v) is 4.15. The second-order valence-electron chi connectivity index (χ2n) is 3.16. The highest BCUT2D eigenvalue weighted by molar-refractivity contribution is 7.98. The van der Waals surface area contributed by atoms with Crippen LogP contribution in [-0.2, 0) is 4.79 Å². The van der Waals surface area contributed by atoms with Gasteiger partial charge < -0.3 is 11.1 Å². The van der Waals surface area contributed by atoms with Gasteiger partial charge in [-0.2, -0.15) is 17.0 Å². The van der Waals surface area contributed by atoms with E-state index in [1.165, 1.54) is 0 Å². The van der Waals surface area contributed by atoms with Crippen LogP contribution in [0.25, 0.3) is 0 Å². The van der Waals surface area contributed by atoms with Crippen molar-refractivity contribution < 1.29 is 4.79 Å². The molecule has 0 rings (SSSR count). The molecule has 1 unspecified atom stereocenters. The maximum Gasteiger partial charge on any atom is 0.237 e. The molecule has 5 heteroatoms. The van der Waals surface area contributed by atoms with E-state index in [4.69, 9.17) is 11.0 Å². The van der Waals surface area contributed by atoms with Crippen LogP contribution in [0.2, 0.25) is 0 Å². The predicted molar refractivity (Wildman–Crippen MR) is 58.8 cm³/mol. The lowest BCUT2D eigenvalue weighted by molar-refractivity contribution is -0.122. The SMILES string of the molecule is CSCC[C@H](N)C(=O)NC(C)CC#N. The van der Waals surface area contributed by atoms with Crippen molar-refractivity contribution in [3.8, 4) is 6.07 Å². The smallest absolute Gasteiger partial charge is 0.237 e. The molecule has 0 aromatic rings. The highest BCUT2D eigenvalue weighted by Crippen LogP contribution is 1.99. The number of nitrogens with one attached hydrogen (secondary N) is 1. The van der Waals surface area contributed by atoms with E-state index in [-0.39, 0.29) is 11.9 Å². The van der Waals surface area contributed by atoms with Gasteiger partial charge in [-0.3, -0.25) is 4.79 Å². The summed E-state index contributed by atoms with van der Waals surface area (Å²) < 4.78 is 0. The Morgan fingerprint density at radius 3 is 2.86 bits per heavy atom. The molecule has 0 aromatic carbocycles. The second kappa shape index (κ2) is 7.65. The van der Waals surface area contributed by atoms with Crippen molar-refractivity contribution in [1.82, 2.24) is 5.32 Å². The highest BCUT2D eigenvalue weighted by atomic mass is 32.2. The van der Waals surface area contributed by atoms with Gasteiger partial charge in [-0.15, -0.1) is 0 Å². The lowest BCUT2D eigenvalue weighted by atomic mass is 10.2. The van der Waals surface area contributed by atoms with Crippen molar-refractivity contribution >= 4 is 17.7 Å². The molecule has 4 nitrogen and oxygen atoms in total. The van der Waals surface area contributed by atoms with Crippen LogP contribution >= 0.6 is 11.8 Å². The van der Waals surface area contributed by atoms with Gasteiger partial charge in [-0.1, -0.05) is 0 Å². The Hall–Kier alpha value is -0.730. The first kappa shape index (κ1) is 13.3. The van der Waals surface area contributed by atoms with Gasteiger partial charge in [0.15, 0.2) is 0 Å². The Morgan fingerprint density at radius 2 is 2.36 bits per heavy atom. The Kier molecular flexibility index (Phi) is 7.25. The van der Waals surface area contributed by atoms with E-state index in [9.17, 15) is 4.79 Å². The number of rotatable bonds is 6. The fraction of sp³-hybridized carbons (Fsp3) is 0.778. The number of thioether (sulfide) groups is 1. The van der Waals surface area contributed by atoms with E-state index in [1.54, 1.807) is 18.7 Å². The average Bonchev–Trinajstić information content (AvgIpc) is 2.14. The Balaban J connectivity index is 3.77. The molecule has 0 spiro atoms. The van der Waals surface area contributed by atoms with Crippen LogP contribution in [0.1, 0.15) is 19.8 Å². The molecule has 0 aliphatic rings. The van der Waals surface area contributed by atoms with Crippen molar-refractivity contribution in [1.29, 1.82) is 5.26 Å². The summed E-state index contributed by atoms with van der Waals surface area (Å²) in [5.74, 6) is 0.711. The molecule has 0 radical (unpaired) electrons. The van der Waals surface area contributed by atoms with Crippen LogP contribution < -0.4 is 11.1 Å². The van der Waals surface area contributed by atoms with Crippen molar-refractivity contribution in [2.75, 3.05) is 12.0 Å². The van der Waals surface area contributed by atoms with E-state index in [1.807, 2.05) is 12.3 Å². The standard InChI is InChI=1S/C9H17N3OS/c1-7(3-5-10)12-9(13)8(11)4-6-14-2/h7-8H,3-4,6,11H2,1-2H3,(H,12,13)/t7?,8-/m0/s1. The molecule has 14 heavy (non-hydrogen) atoms. The van der Waals surface area contributed by atoms with Gasteiger partial charge in [0.2, 0.25) is 5.91 Å². The van der Waals surface area contributed by atoms with Crippen molar-refractivity contribution in [3.05, 3.63) is 0 Å². The maximum atomic E-state index is 11.4. The first-order valence-corrected chi connectivity index (χ1v) is 5.93. The van der Waals surface area contributed by atoms with Crippen LogP contribution in [0.15, 0.2) is 0 Å². The molecular formula is C9H17N3OS. The first-order valence-electron chi connectivity index (χ1n) is 4.53. The van der Waals surface area contributed by atoms with Crippen LogP contribution in [0.3, 0.4) is 0 Å². The molecule has 0 aliphatic carbocycles. The number of carbonyl (C=O) groups excluding carboxylic acids is 1. The van der Waals surface area contributed by atoms with Crippen molar-refractivity contribution in [2.24, 2.45) is 5.73 Å². The molecule has 3 N–H and O–H groups in total. The monoisotopic (exact) mass is 215 g/mol. The summed E-state index contributed by atoms with van der Waals surface area (Å²) in [7, 11) is 0. The number of hydrogen-bond acceptors (Lipinski definition) is 4. The fourth-order valence-electron chi connectivity index (χ4n) is 0.914. The Bertz CT molecular complexity index is 215. The first-order chi connectivity index (χ1) is 6.61. The quantitative estimate of drug-likeness (QED) is 0.675. The van der Waals surface area contributed by atoms with Crippen LogP contribution in [0.5, 0.6) is 0 Å². The third-order valence-corrected chi connectivity index (χ3v) is 2.40. The summed E-state index contributed by atoms with van der Waals surface area (Å²) in [6, 6.07) is 1.42. The van der Waals surface area contributed by atoms with Gasteiger partial charge in [0.05, 0.1) is 18.5 Å². The summed E-state index contributed by atoms with van der Waals surface area (Å²) in [6.45, 7) is 1.79. The number of nitrogens with two attached hydrogens (primary N) is 1. The molecule has 0 aromatic heterocycles. The zero-order chi connectivity index (χ0) is 11.0. The van der Waals surface area contributed by atoms with Crippen LogP contribution in [0.4, 0.5) is 0 Å². The molecule has 0 saturated heterocycles. The Labute approximate surface area is 89.2 Å². The molecule has 80 valence electrons. The molecule has 1 amide bonds. The number of hydrogen-bond donors (Lipinski definition) is 2.